The molecule has 0 saturated carbocycles. The molecule has 1 fully saturated rings. The first-order valence-electron chi connectivity index (χ1n) is 8.41. The van der Waals surface area contributed by atoms with Gasteiger partial charge in [0.1, 0.15) is 5.75 Å². The first kappa shape index (κ1) is 16.5. The molecular weight excluding hydrogens is 304 g/mol. The molecule has 1 amide bonds. The predicted molar refractivity (Wildman–Crippen MR) is 93.0 cm³/mol. The normalized spacial score (nSPS) is 17.8. The third kappa shape index (κ3) is 3.94. The van der Waals surface area contributed by atoms with Gasteiger partial charge in [0.15, 0.2) is 0 Å². The summed E-state index contributed by atoms with van der Waals surface area (Å²) < 4.78 is 7.22. The first-order valence-corrected chi connectivity index (χ1v) is 8.41. The summed E-state index contributed by atoms with van der Waals surface area (Å²) in [5.74, 6) is 0.821. The minimum Gasteiger partial charge on any atom is -0.494 e. The second-order valence-electron chi connectivity index (χ2n) is 6.08. The summed E-state index contributed by atoms with van der Waals surface area (Å²) in [6.07, 6.45) is 6.11. The van der Waals surface area contributed by atoms with Gasteiger partial charge in [-0.05, 0) is 50.6 Å². The van der Waals surface area contributed by atoms with Crippen LogP contribution in [0.4, 0.5) is 5.69 Å². The van der Waals surface area contributed by atoms with Crippen LogP contribution in [-0.2, 0) is 11.8 Å². The van der Waals surface area contributed by atoms with Crippen molar-refractivity contribution in [2.45, 2.75) is 25.8 Å². The number of amides is 1. The van der Waals surface area contributed by atoms with E-state index >= 15 is 0 Å². The molecule has 128 valence electrons. The van der Waals surface area contributed by atoms with Crippen LogP contribution in [0.5, 0.6) is 5.75 Å². The molecule has 1 unspecified atom stereocenters. The molecule has 3 rings (SSSR count). The largest absolute Gasteiger partial charge is 0.494 e. The maximum Gasteiger partial charge on any atom is 0.238 e. The molecule has 1 aliphatic rings. The second-order valence-corrected chi connectivity index (χ2v) is 6.08. The molecule has 6 nitrogen and oxygen atoms in total. The molecule has 0 radical (unpaired) electrons. The maximum atomic E-state index is 12.4. The van der Waals surface area contributed by atoms with Crippen LogP contribution in [-0.4, -0.2) is 40.3 Å². The van der Waals surface area contributed by atoms with E-state index in [-0.39, 0.29) is 11.9 Å². The average Bonchev–Trinajstić information content (AvgIpc) is 3.18. The second kappa shape index (κ2) is 7.49. The fraction of sp³-hybridized carbons (Fsp3) is 0.444. The minimum atomic E-state index is 0.00921. The van der Waals surface area contributed by atoms with Gasteiger partial charge in [0.2, 0.25) is 5.91 Å². The Morgan fingerprint density at radius 2 is 2.17 bits per heavy atom. The minimum absolute atomic E-state index is 0.00921. The number of rotatable bonds is 6. The molecule has 2 aromatic rings. The van der Waals surface area contributed by atoms with E-state index < -0.39 is 0 Å². The van der Waals surface area contributed by atoms with Crippen LogP contribution in [0.1, 0.15) is 31.4 Å². The van der Waals surface area contributed by atoms with Gasteiger partial charge in [0, 0.05) is 30.5 Å². The van der Waals surface area contributed by atoms with Crippen LogP contribution in [0.3, 0.4) is 0 Å². The topological polar surface area (TPSA) is 59.4 Å². The third-order valence-electron chi connectivity index (χ3n) is 4.27. The number of nitrogens with zero attached hydrogens (tertiary/aromatic N) is 3. The highest BCUT2D eigenvalue weighted by molar-refractivity contribution is 5.92. The molecule has 1 N–H and O–H groups in total. The molecule has 1 aromatic carbocycles. The first-order chi connectivity index (χ1) is 11.7. The van der Waals surface area contributed by atoms with Crippen LogP contribution in [0.15, 0.2) is 36.7 Å². The van der Waals surface area contributed by atoms with Crippen LogP contribution in [0.25, 0.3) is 0 Å². The zero-order valence-corrected chi connectivity index (χ0v) is 14.2. The van der Waals surface area contributed by atoms with Gasteiger partial charge >= 0.3 is 0 Å². The van der Waals surface area contributed by atoms with E-state index in [1.165, 1.54) is 5.56 Å². The van der Waals surface area contributed by atoms with Crippen molar-refractivity contribution in [1.29, 1.82) is 0 Å². The van der Waals surface area contributed by atoms with Gasteiger partial charge in [-0.15, -0.1) is 0 Å². The number of anilines is 1. The lowest BCUT2D eigenvalue weighted by atomic mass is 10.1. The van der Waals surface area contributed by atoms with Crippen molar-refractivity contribution >= 4 is 11.6 Å². The Hall–Kier alpha value is -2.34. The highest BCUT2D eigenvalue weighted by Gasteiger charge is 2.28. The predicted octanol–water partition coefficient (Wildman–Crippen LogP) is 2.59. The molecule has 24 heavy (non-hydrogen) atoms. The highest BCUT2D eigenvalue weighted by Crippen LogP contribution is 2.31. The van der Waals surface area contributed by atoms with Crippen molar-refractivity contribution in [1.82, 2.24) is 14.7 Å². The fourth-order valence-electron chi connectivity index (χ4n) is 3.19. The van der Waals surface area contributed by atoms with E-state index in [2.05, 4.69) is 15.3 Å². The van der Waals surface area contributed by atoms with Crippen molar-refractivity contribution in [3.05, 3.63) is 42.2 Å². The molecule has 0 bridgehead atoms. The number of aryl methyl sites for hydroxylation is 1. The number of likely N-dealkylation sites (tertiary alicyclic amines) is 1. The van der Waals surface area contributed by atoms with Gasteiger partial charge in [0.05, 0.1) is 19.3 Å². The Bertz CT molecular complexity index is 681. The van der Waals surface area contributed by atoms with Gasteiger partial charge in [-0.25, -0.2) is 0 Å². The molecule has 1 aliphatic heterocycles. The Morgan fingerprint density at radius 3 is 2.83 bits per heavy atom. The van der Waals surface area contributed by atoms with Crippen LogP contribution in [0, 0.1) is 0 Å². The van der Waals surface area contributed by atoms with E-state index in [1.807, 2.05) is 55.3 Å². The number of nitrogens with one attached hydrogen (secondary N) is 1. The molecule has 0 aliphatic carbocycles. The lowest BCUT2D eigenvalue weighted by molar-refractivity contribution is -0.117. The summed E-state index contributed by atoms with van der Waals surface area (Å²) in [7, 11) is 1.92. The van der Waals surface area contributed by atoms with E-state index in [4.69, 9.17) is 4.74 Å². The number of hydrogen-bond acceptors (Lipinski definition) is 4. The Labute approximate surface area is 142 Å². The van der Waals surface area contributed by atoms with Crippen LogP contribution >= 0.6 is 0 Å². The highest BCUT2D eigenvalue weighted by atomic mass is 16.5. The smallest absolute Gasteiger partial charge is 0.238 e. The number of hydrogen-bond donors (Lipinski definition) is 1. The Morgan fingerprint density at radius 1 is 1.38 bits per heavy atom. The Balaban J connectivity index is 1.57. The van der Waals surface area contributed by atoms with Crippen molar-refractivity contribution in [3.8, 4) is 5.75 Å². The third-order valence-corrected chi connectivity index (χ3v) is 4.27. The lowest BCUT2D eigenvalue weighted by Gasteiger charge is -2.22. The zero-order valence-electron chi connectivity index (χ0n) is 14.2. The lowest BCUT2D eigenvalue weighted by Crippen LogP contribution is -2.32. The summed E-state index contributed by atoms with van der Waals surface area (Å²) >= 11 is 0. The monoisotopic (exact) mass is 328 g/mol. The number of carbonyl (C=O) groups excluding carboxylic acids is 1. The van der Waals surface area contributed by atoms with Gasteiger partial charge in [0.25, 0.3) is 0 Å². The van der Waals surface area contributed by atoms with Gasteiger partial charge < -0.3 is 10.1 Å². The van der Waals surface area contributed by atoms with Gasteiger partial charge in [-0.2, -0.15) is 5.10 Å². The molecule has 1 atom stereocenters. The average molecular weight is 328 g/mol. The van der Waals surface area contributed by atoms with Crippen molar-refractivity contribution in [2.24, 2.45) is 7.05 Å². The van der Waals surface area contributed by atoms with Crippen LogP contribution in [0.2, 0.25) is 0 Å². The number of ether oxygens (including phenoxy) is 1. The quantitative estimate of drug-likeness (QED) is 0.885. The summed E-state index contributed by atoms with van der Waals surface area (Å²) in [4.78, 5) is 14.6. The maximum absolute atomic E-state index is 12.4. The molecule has 1 aromatic heterocycles. The standard InChI is InChI=1S/C18H24N4O2/c1-3-24-16-8-6-15(7-9-16)20-18(23)13-22-10-4-5-17(22)14-11-19-21(2)12-14/h6-9,11-12,17H,3-5,10,13H2,1-2H3,(H,20,23). The SMILES string of the molecule is CCOc1ccc(NC(=O)CN2CCCC2c2cnn(C)c2)cc1. The van der Waals surface area contributed by atoms with E-state index in [1.54, 1.807) is 0 Å². The van der Waals surface area contributed by atoms with Crippen molar-refractivity contribution < 1.29 is 9.53 Å². The summed E-state index contributed by atoms with van der Waals surface area (Å²) in [6.45, 7) is 3.92. The molecular formula is C18H24N4O2. The number of carbonyl (C=O) groups is 1. The van der Waals surface area contributed by atoms with Gasteiger partial charge in [-0.1, -0.05) is 0 Å². The summed E-state index contributed by atoms with van der Waals surface area (Å²) in [6, 6.07) is 7.75. The summed E-state index contributed by atoms with van der Waals surface area (Å²) in [5.41, 5.74) is 1.98. The number of aromatic nitrogens is 2. The fourth-order valence-corrected chi connectivity index (χ4v) is 3.19. The Kier molecular flexibility index (Phi) is 5.15. The van der Waals surface area contributed by atoms with E-state index in [0.717, 1.165) is 30.8 Å². The zero-order chi connectivity index (χ0) is 16.9. The van der Waals surface area contributed by atoms with Crippen molar-refractivity contribution in [2.75, 3.05) is 25.0 Å². The van der Waals surface area contributed by atoms with Gasteiger partial charge in [-0.3, -0.25) is 14.4 Å². The molecule has 0 spiro atoms. The van der Waals surface area contributed by atoms with Crippen LogP contribution < -0.4 is 10.1 Å². The van der Waals surface area contributed by atoms with E-state index in [0.29, 0.717) is 13.2 Å². The number of benzene rings is 1. The van der Waals surface area contributed by atoms with E-state index in [9.17, 15) is 4.79 Å². The summed E-state index contributed by atoms with van der Waals surface area (Å²) in [5, 5.41) is 7.20. The molecule has 1 saturated heterocycles. The molecule has 2 heterocycles. The van der Waals surface area contributed by atoms with Crippen molar-refractivity contribution in [3.63, 3.8) is 0 Å². The molecule has 6 heteroatoms.